The Morgan fingerprint density at radius 3 is 2.53 bits per heavy atom. The first-order valence-electron chi connectivity index (χ1n) is 6.33. The highest BCUT2D eigenvalue weighted by atomic mass is 35.5. The standard InChI is InChI=1S/C14H21ClN2/c1-10-5-11(2)9-17(8-10)14-4-3-13(15)6-12(14)7-16/h3-4,6,10-11H,5,7-9,16H2,1-2H3. The Morgan fingerprint density at radius 2 is 1.94 bits per heavy atom. The molecule has 0 radical (unpaired) electrons. The van der Waals surface area contributed by atoms with Crippen LogP contribution in [0, 0.1) is 11.8 Å². The van der Waals surface area contributed by atoms with E-state index >= 15 is 0 Å². The van der Waals surface area contributed by atoms with Crippen molar-refractivity contribution in [2.45, 2.75) is 26.8 Å². The Hall–Kier alpha value is -0.730. The molecule has 2 atom stereocenters. The van der Waals surface area contributed by atoms with Gasteiger partial charge in [0.25, 0.3) is 0 Å². The van der Waals surface area contributed by atoms with Crippen molar-refractivity contribution in [1.29, 1.82) is 0 Å². The number of anilines is 1. The molecule has 2 unspecified atom stereocenters. The molecule has 2 N–H and O–H groups in total. The van der Waals surface area contributed by atoms with E-state index in [-0.39, 0.29) is 0 Å². The predicted octanol–water partition coefficient (Wildman–Crippen LogP) is 3.28. The molecule has 1 heterocycles. The highest BCUT2D eigenvalue weighted by molar-refractivity contribution is 6.30. The summed E-state index contributed by atoms with van der Waals surface area (Å²) in [6, 6.07) is 6.05. The van der Waals surface area contributed by atoms with Crippen LogP contribution < -0.4 is 10.6 Å². The van der Waals surface area contributed by atoms with Gasteiger partial charge >= 0.3 is 0 Å². The highest BCUT2D eigenvalue weighted by Crippen LogP contribution is 2.30. The summed E-state index contributed by atoms with van der Waals surface area (Å²) in [5.74, 6) is 1.50. The van der Waals surface area contributed by atoms with E-state index in [1.54, 1.807) is 0 Å². The summed E-state index contributed by atoms with van der Waals surface area (Å²) in [5.41, 5.74) is 8.22. The summed E-state index contributed by atoms with van der Waals surface area (Å²) in [4.78, 5) is 2.46. The van der Waals surface area contributed by atoms with Crippen LogP contribution in [0.5, 0.6) is 0 Å². The Labute approximate surface area is 109 Å². The molecule has 1 aliphatic rings. The number of rotatable bonds is 2. The monoisotopic (exact) mass is 252 g/mol. The van der Waals surface area contributed by atoms with Crippen LogP contribution >= 0.6 is 11.6 Å². The number of nitrogens with two attached hydrogens (primary N) is 1. The minimum atomic E-state index is 0.551. The van der Waals surface area contributed by atoms with Gasteiger partial charge in [-0.05, 0) is 42.0 Å². The van der Waals surface area contributed by atoms with E-state index in [0.717, 1.165) is 35.5 Å². The lowest BCUT2D eigenvalue weighted by Gasteiger charge is -2.37. The van der Waals surface area contributed by atoms with Gasteiger partial charge < -0.3 is 10.6 Å². The van der Waals surface area contributed by atoms with Gasteiger partial charge in [-0.3, -0.25) is 0 Å². The zero-order chi connectivity index (χ0) is 12.4. The zero-order valence-corrected chi connectivity index (χ0v) is 11.4. The van der Waals surface area contributed by atoms with Gasteiger partial charge in [0.2, 0.25) is 0 Å². The molecule has 2 nitrogen and oxygen atoms in total. The van der Waals surface area contributed by atoms with Crippen LogP contribution in [0.1, 0.15) is 25.8 Å². The van der Waals surface area contributed by atoms with E-state index < -0.39 is 0 Å². The summed E-state index contributed by atoms with van der Waals surface area (Å²) in [6.07, 6.45) is 1.32. The van der Waals surface area contributed by atoms with Crippen molar-refractivity contribution in [3.05, 3.63) is 28.8 Å². The molecular weight excluding hydrogens is 232 g/mol. The molecule has 2 rings (SSSR count). The van der Waals surface area contributed by atoms with Gasteiger partial charge in [-0.1, -0.05) is 25.4 Å². The van der Waals surface area contributed by atoms with Crippen LogP contribution in [0.15, 0.2) is 18.2 Å². The van der Waals surface area contributed by atoms with Crippen molar-refractivity contribution in [1.82, 2.24) is 0 Å². The molecule has 1 saturated heterocycles. The average Bonchev–Trinajstić information content (AvgIpc) is 2.27. The van der Waals surface area contributed by atoms with Crippen molar-refractivity contribution >= 4 is 17.3 Å². The molecule has 3 heteroatoms. The van der Waals surface area contributed by atoms with E-state index in [4.69, 9.17) is 17.3 Å². The van der Waals surface area contributed by atoms with E-state index in [9.17, 15) is 0 Å². The van der Waals surface area contributed by atoms with Gasteiger partial charge in [0.1, 0.15) is 0 Å². The van der Waals surface area contributed by atoms with Gasteiger partial charge in [-0.25, -0.2) is 0 Å². The Bertz CT molecular complexity index is 382. The smallest absolute Gasteiger partial charge is 0.0412 e. The molecule has 0 bridgehead atoms. The van der Waals surface area contributed by atoms with Crippen LogP contribution in [0.3, 0.4) is 0 Å². The van der Waals surface area contributed by atoms with Crippen molar-refractivity contribution in [3.8, 4) is 0 Å². The van der Waals surface area contributed by atoms with Crippen LogP contribution in [-0.2, 0) is 6.54 Å². The molecule has 1 aromatic carbocycles. The number of nitrogens with zero attached hydrogens (tertiary/aromatic N) is 1. The second kappa shape index (κ2) is 5.28. The molecule has 17 heavy (non-hydrogen) atoms. The minimum Gasteiger partial charge on any atom is -0.371 e. The summed E-state index contributed by atoms with van der Waals surface area (Å²) in [5, 5.41) is 0.771. The topological polar surface area (TPSA) is 29.3 Å². The summed E-state index contributed by atoms with van der Waals surface area (Å²) < 4.78 is 0. The summed E-state index contributed by atoms with van der Waals surface area (Å²) in [7, 11) is 0. The van der Waals surface area contributed by atoms with Gasteiger partial charge in [0.15, 0.2) is 0 Å². The number of hydrogen-bond acceptors (Lipinski definition) is 2. The lowest BCUT2D eigenvalue weighted by atomic mass is 9.91. The van der Waals surface area contributed by atoms with Crippen LogP contribution in [0.25, 0.3) is 0 Å². The fourth-order valence-electron chi connectivity index (χ4n) is 2.89. The maximum atomic E-state index is 6.02. The molecule has 0 spiro atoms. The average molecular weight is 253 g/mol. The first-order valence-corrected chi connectivity index (χ1v) is 6.71. The van der Waals surface area contributed by atoms with Crippen molar-refractivity contribution in [3.63, 3.8) is 0 Å². The molecule has 1 aromatic rings. The number of benzene rings is 1. The second-order valence-electron chi connectivity index (χ2n) is 5.33. The lowest BCUT2D eigenvalue weighted by Crippen LogP contribution is -2.39. The third kappa shape index (κ3) is 2.93. The van der Waals surface area contributed by atoms with Gasteiger partial charge in [-0.15, -0.1) is 0 Å². The molecule has 0 aromatic heterocycles. The van der Waals surface area contributed by atoms with Crippen LogP contribution in [0.2, 0.25) is 5.02 Å². The first-order chi connectivity index (χ1) is 8.10. The first kappa shape index (κ1) is 12.7. The largest absolute Gasteiger partial charge is 0.371 e. The number of hydrogen-bond donors (Lipinski definition) is 1. The van der Waals surface area contributed by atoms with Crippen molar-refractivity contribution in [2.24, 2.45) is 17.6 Å². The SMILES string of the molecule is CC1CC(C)CN(c2ccc(Cl)cc2CN)C1. The highest BCUT2D eigenvalue weighted by Gasteiger charge is 2.23. The van der Waals surface area contributed by atoms with Gasteiger partial charge in [-0.2, -0.15) is 0 Å². The third-order valence-electron chi connectivity index (χ3n) is 3.47. The Kier molecular flexibility index (Phi) is 3.95. The number of piperidine rings is 1. The van der Waals surface area contributed by atoms with E-state index in [1.807, 2.05) is 12.1 Å². The summed E-state index contributed by atoms with van der Waals surface area (Å²) >= 11 is 6.02. The molecule has 0 saturated carbocycles. The van der Waals surface area contributed by atoms with Crippen molar-refractivity contribution in [2.75, 3.05) is 18.0 Å². The van der Waals surface area contributed by atoms with E-state index in [1.165, 1.54) is 12.1 Å². The van der Waals surface area contributed by atoms with Gasteiger partial charge in [0.05, 0.1) is 0 Å². The Balaban J connectivity index is 2.26. The van der Waals surface area contributed by atoms with E-state index in [0.29, 0.717) is 6.54 Å². The molecule has 94 valence electrons. The quantitative estimate of drug-likeness (QED) is 0.875. The predicted molar refractivity (Wildman–Crippen MR) is 74.5 cm³/mol. The Morgan fingerprint density at radius 1 is 1.29 bits per heavy atom. The maximum absolute atomic E-state index is 6.02. The van der Waals surface area contributed by atoms with Crippen LogP contribution in [-0.4, -0.2) is 13.1 Å². The lowest BCUT2D eigenvalue weighted by molar-refractivity contribution is 0.356. The maximum Gasteiger partial charge on any atom is 0.0412 e. The normalized spacial score (nSPS) is 25.1. The number of halogens is 1. The second-order valence-corrected chi connectivity index (χ2v) is 5.76. The third-order valence-corrected chi connectivity index (χ3v) is 3.71. The zero-order valence-electron chi connectivity index (χ0n) is 10.6. The van der Waals surface area contributed by atoms with E-state index in [2.05, 4.69) is 24.8 Å². The minimum absolute atomic E-state index is 0.551. The van der Waals surface area contributed by atoms with Crippen LogP contribution in [0.4, 0.5) is 5.69 Å². The molecule has 0 aliphatic carbocycles. The summed E-state index contributed by atoms with van der Waals surface area (Å²) in [6.45, 7) is 7.44. The molecule has 1 fully saturated rings. The molecule has 1 aliphatic heterocycles. The fourth-order valence-corrected chi connectivity index (χ4v) is 3.08. The van der Waals surface area contributed by atoms with Gasteiger partial charge in [0, 0.05) is 30.3 Å². The van der Waals surface area contributed by atoms with Crippen molar-refractivity contribution < 1.29 is 0 Å². The fraction of sp³-hybridized carbons (Fsp3) is 0.571. The molecular formula is C14H21ClN2. The molecule has 0 amide bonds.